The maximum Gasteiger partial charge on any atom is 0.186 e. The molecule has 0 N–H and O–H groups in total. The molecule has 70 valence electrons. The van der Waals surface area contributed by atoms with Gasteiger partial charge in [0.1, 0.15) is 0 Å². The highest BCUT2D eigenvalue weighted by atomic mass is 32.1. The number of aryl methyl sites for hydroxylation is 1. The van der Waals surface area contributed by atoms with E-state index in [2.05, 4.69) is 0 Å². The number of hydrogen-bond acceptors (Lipinski definition) is 2. The lowest BCUT2D eigenvalue weighted by Gasteiger charge is -1.95. The summed E-state index contributed by atoms with van der Waals surface area (Å²) < 4.78 is 0. The SMILES string of the molecule is CC(C)=CC(=O)c1csc(C)c1C. The van der Waals surface area contributed by atoms with E-state index in [1.807, 2.05) is 33.1 Å². The predicted molar refractivity (Wildman–Crippen MR) is 57.6 cm³/mol. The lowest BCUT2D eigenvalue weighted by molar-refractivity contribution is 0.104. The first kappa shape index (κ1) is 10.2. The van der Waals surface area contributed by atoms with Gasteiger partial charge >= 0.3 is 0 Å². The van der Waals surface area contributed by atoms with E-state index >= 15 is 0 Å². The second-order valence-corrected chi connectivity index (χ2v) is 4.50. The summed E-state index contributed by atoms with van der Waals surface area (Å²) in [5.41, 5.74) is 3.02. The van der Waals surface area contributed by atoms with Gasteiger partial charge in [0.15, 0.2) is 5.78 Å². The van der Waals surface area contributed by atoms with Crippen molar-refractivity contribution in [3.63, 3.8) is 0 Å². The van der Waals surface area contributed by atoms with Crippen LogP contribution in [0.3, 0.4) is 0 Å². The minimum absolute atomic E-state index is 0.127. The third-order valence-corrected chi connectivity index (χ3v) is 2.98. The number of allylic oxidation sites excluding steroid dienone is 2. The molecule has 0 aliphatic carbocycles. The molecule has 2 heteroatoms. The number of hydrogen-bond donors (Lipinski definition) is 0. The van der Waals surface area contributed by atoms with Crippen LogP contribution in [0.5, 0.6) is 0 Å². The first-order valence-corrected chi connectivity index (χ1v) is 5.14. The normalized spacial score (nSPS) is 9.85. The molecule has 1 aromatic heterocycles. The van der Waals surface area contributed by atoms with Crippen molar-refractivity contribution >= 4 is 17.1 Å². The van der Waals surface area contributed by atoms with Gasteiger partial charge in [-0.3, -0.25) is 4.79 Å². The smallest absolute Gasteiger partial charge is 0.186 e. The lowest BCUT2D eigenvalue weighted by atomic mass is 10.1. The zero-order valence-electron chi connectivity index (χ0n) is 8.47. The van der Waals surface area contributed by atoms with Gasteiger partial charge in [-0.25, -0.2) is 0 Å². The van der Waals surface area contributed by atoms with Crippen LogP contribution in [-0.2, 0) is 0 Å². The highest BCUT2D eigenvalue weighted by molar-refractivity contribution is 7.10. The van der Waals surface area contributed by atoms with Crippen molar-refractivity contribution in [3.05, 3.63) is 33.0 Å². The predicted octanol–water partition coefficient (Wildman–Crippen LogP) is 3.51. The molecule has 0 radical (unpaired) electrons. The molecular formula is C11H14OS. The van der Waals surface area contributed by atoms with Crippen molar-refractivity contribution in [2.45, 2.75) is 27.7 Å². The summed E-state index contributed by atoms with van der Waals surface area (Å²) in [6.45, 7) is 7.91. The van der Waals surface area contributed by atoms with E-state index in [1.165, 1.54) is 4.88 Å². The van der Waals surface area contributed by atoms with E-state index in [9.17, 15) is 4.79 Å². The van der Waals surface area contributed by atoms with Crippen LogP contribution in [0.15, 0.2) is 17.0 Å². The van der Waals surface area contributed by atoms with Crippen LogP contribution >= 0.6 is 11.3 Å². The van der Waals surface area contributed by atoms with Gasteiger partial charge < -0.3 is 0 Å². The molecule has 0 spiro atoms. The summed E-state index contributed by atoms with van der Waals surface area (Å²) in [6, 6.07) is 0. The molecule has 0 amide bonds. The molecule has 1 rings (SSSR count). The summed E-state index contributed by atoms with van der Waals surface area (Å²) in [4.78, 5) is 12.8. The molecule has 0 aromatic carbocycles. The first-order chi connectivity index (χ1) is 6.02. The second kappa shape index (κ2) is 3.88. The van der Waals surface area contributed by atoms with Gasteiger partial charge in [0.2, 0.25) is 0 Å². The molecule has 0 fully saturated rings. The van der Waals surface area contributed by atoms with E-state index in [0.29, 0.717) is 0 Å². The third-order valence-electron chi connectivity index (χ3n) is 1.97. The van der Waals surface area contributed by atoms with Crippen LogP contribution in [0.4, 0.5) is 0 Å². The number of carbonyl (C=O) groups excluding carboxylic acids is 1. The van der Waals surface area contributed by atoms with Crippen molar-refractivity contribution in [2.24, 2.45) is 0 Å². The molecule has 0 bridgehead atoms. The Morgan fingerprint density at radius 2 is 2.00 bits per heavy atom. The zero-order chi connectivity index (χ0) is 10.0. The maximum absolute atomic E-state index is 11.6. The summed E-state index contributed by atoms with van der Waals surface area (Å²) in [5.74, 6) is 0.127. The largest absolute Gasteiger partial charge is 0.289 e. The number of rotatable bonds is 2. The van der Waals surface area contributed by atoms with Gasteiger partial charge in [-0.2, -0.15) is 0 Å². The Morgan fingerprint density at radius 1 is 1.38 bits per heavy atom. The van der Waals surface area contributed by atoms with Crippen molar-refractivity contribution < 1.29 is 4.79 Å². The summed E-state index contributed by atoms with van der Waals surface area (Å²) in [5, 5.41) is 1.94. The van der Waals surface area contributed by atoms with Gasteiger partial charge in [0.25, 0.3) is 0 Å². The Labute approximate surface area is 83.1 Å². The highest BCUT2D eigenvalue weighted by Crippen LogP contribution is 2.21. The minimum atomic E-state index is 0.127. The van der Waals surface area contributed by atoms with Gasteiger partial charge in [-0.15, -0.1) is 11.3 Å². The van der Waals surface area contributed by atoms with E-state index in [1.54, 1.807) is 17.4 Å². The van der Waals surface area contributed by atoms with Gasteiger partial charge in [0.05, 0.1) is 0 Å². The van der Waals surface area contributed by atoms with Gasteiger partial charge in [0, 0.05) is 15.8 Å². The number of carbonyl (C=O) groups is 1. The van der Waals surface area contributed by atoms with Gasteiger partial charge in [-0.05, 0) is 39.3 Å². The Kier molecular flexibility index (Phi) is 3.04. The van der Waals surface area contributed by atoms with Crippen LogP contribution in [0, 0.1) is 13.8 Å². The Morgan fingerprint density at radius 3 is 2.38 bits per heavy atom. The summed E-state index contributed by atoms with van der Waals surface area (Å²) >= 11 is 1.64. The van der Waals surface area contributed by atoms with Crippen molar-refractivity contribution in [2.75, 3.05) is 0 Å². The van der Waals surface area contributed by atoms with Crippen molar-refractivity contribution in [1.82, 2.24) is 0 Å². The van der Waals surface area contributed by atoms with E-state index in [0.717, 1.165) is 16.7 Å². The van der Waals surface area contributed by atoms with E-state index in [4.69, 9.17) is 0 Å². The first-order valence-electron chi connectivity index (χ1n) is 4.26. The molecule has 0 unspecified atom stereocenters. The minimum Gasteiger partial charge on any atom is -0.289 e. The van der Waals surface area contributed by atoms with Crippen LogP contribution in [0.1, 0.15) is 34.6 Å². The van der Waals surface area contributed by atoms with E-state index < -0.39 is 0 Å². The fourth-order valence-corrected chi connectivity index (χ4v) is 1.97. The second-order valence-electron chi connectivity index (χ2n) is 3.42. The monoisotopic (exact) mass is 194 g/mol. The average Bonchev–Trinajstić information content (AvgIpc) is 2.31. The van der Waals surface area contributed by atoms with Crippen LogP contribution in [-0.4, -0.2) is 5.78 Å². The standard InChI is InChI=1S/C11H14OS/c1-7(2)5-11(12)10-6-13-9(4)8(10)3/h5-6H,1-4H3. The Bertz CT molecular complexity index is 354. The Hall–Kier alpha value is -0.890. The molecule has 13 heavy (non-hydrogen) atoms. The van der Waals surface area contributed by atoms with Crippen LogP contribution in [0.2, 0.25) is 0 Å². The zero-order valence-corrected chi connectivity index (χ0v) is 9.29. The fourth-order valence-electron chi connectivity index (χ4n) is 1.10. The molecule has 0 aliphatic rings. The molecular weight excluding hydrogens is 180 g/mol. The quantitative estimate of drug-likeness (QED) is 0.520. The van der Waals surface area contributed by atoms with Gasteiger partial charge in [-0.1, -0.05) is 5.57 Å². The van der Waals surface area contributed by atoms with Crippen LogP contribution < -0.4 is 0 Å². The maximum atomic E-state index is 11.6. The van der Waals surface area contributed by atoms with Crippen molar-refractivity contribution in [3.8, 4) is 0 Å². The highest BCUT2D eigenvalue weighted by Gasteiger charge is 2.09. The van der Waals surface area contributed by atoms with Crippen molar-refractivity contribution in [1.29, 1.82) is 0 Å². The summed E-state index contributed by atoms with van der Waals surface area (Å²) in [6.07, 6.45) is 1.69. The van der Waals surface area contributed by atoms with E-state index in [-0.39, 0.29) is 5.78 Å². The topological polar surface area (TPSA) is 17.1 Å². The Balaban J connectivity index is 3.03. The molecule has 0 atom stereocenters. The van der Waals surface area contributed by atoms with Crippen LogP contribution in [0.25, 0.3) is 0 Å². The lowest BCUT2D eigenvalue weighted by Crippen LogP contribution is -1.95. The fraction of sp³-hybridized carbons (Fsp3) is 0.364. The molecule has 1 aromatic rings. The number of ketones is 1. The molecule has 1 heterocycles. The third kappa shape index (κ3) is 2.28. The molecule has 1 nitrogen and oxygen atoms in total. The molecule has 0 saturated heterocycles. The molecule has 0 saturated carbocycles. The summed E-state index contributed by atoms with van der Waals surface area (Å²) in [7, 11) is 0. The number of thiophene rings is 1. The molecule has 0 aliphatic heterocycles. The average molecular weight is 194 g/mol.